The Bertz CT molecular complexity index is 1310. The molecule has 36 heavy (non-hydrogen) atoms. The molecule has 4 rings (SSSR count). The Hall–Kier alpha value is -4.06. The standard InChI is InChI=1S/C30H31NO5/c1-6-36-23-14-12-22(13-15-23)31-27(21-10-8-20(9-11-21)18(2)3)26(29(33)30(31)34)28(32)24-17-19(4)7-16-25(24)35-5/h7-18,27,32H,6H2,1-5H3/b28-26+. The van der Waals surface area contributed by atoms with Gasteiger partial charge in [-0.25, -0.2) is 0 Å². The highest BCUT2D eigenvalue weighted by Gasteiger charge is 2.47. The number of amides is 1. The van der Waals surface area contributed by atoms with Crippen LogP contribution in [0.2, 0.25) is 0 Å². The van der Waals surface area contributed by atoms with Gasteiger partial charge in [-0.1, -0.05) is 49.7 Å². The number of aryl methyl sites for hydroxylation is 1. The molecule has 1 amide bonds. The van der Waals surface area contributed by atoms with E-state index in [4.69, 9.17) is 9.47 Å². The highest BCUT2D eigenvalue weighted by molar-refractivity contribution is 6.51. The van der Waals surface area contributed by atoms with Crippen molar-refractivity contribution in [1.29, 1.82) is 0 Å². The summed E-state index contributed by atoms with van der Waals surface area (Å²) in [6.07, 6.45) is 0. The van der Waals surface area contributed by atoms with Crippen LogP contribution in [0.1, 0.15) is 55.0 Å². The molecule has 1 aliphatic heterocycles. The van der Waals surface area contributed by atoms with E-state index in [-0.39, 0.29) is 11.3 Å². The number of ketones is 1. The molecule has 6 nitrogen and oxygen atoms in total. The fourth-order valence-corrected chi connectivity index (χ4v) is 4.50. The van der Waals surface area contributed by atoms with Crippen LogP contribution in [0.15, 0.2) is 72.3 Å². The molecule has 6 heteroatoms. The molecule has 1 unspecified atom stereocenters. The first kappa shape index (κ1) is 25.0. The summed E-state index contributed by atoms with van der Waals surface area (Å²) in [7, 11) is 1.50. The van der Waals surface area contributed by atoms with Crippen molar-refractivity contribution in [3.05, 3.63) is 94.6 Å². The summed E-state index contributed by atoms with van der Waals surface area (Å²) in [5.74, 6) is -0.305. The number of hydrogen-bond donors (Lipinski definition) is 1. The molecule has 1 aliphatic rings. The number of anilines is 1. The number of aliphatic hydroxyl groups is 1. The molecule has 0 aliphatic carbocycles. The average Bonchev–Trinajstić information content (AvgIpc) is 3.14. The molecule has 3 aromatic rings. The second-order valence-electron chi connectivity index (χ2n) is 9.12. The van der Waals surface area contributed by atoms with Crippen molar-refractivity contribution >= 4 is 23.1 Å². The summed E-state index contributed by atoms with van der Waals surface area (Å²) in [5, 5.41) is 11.5. The van der Waals surface area contributed by atoms with Gasteiger partial charge in [0.15, 0.2) is 0 Å². The Morgan fingerprint density at radius 2 is 1.67 bits per heavy atom. The van der Waals surface area contributed by atoms with E-state index in [9.17, 15) is 14.7 Å². The van der Waals surface area contributed by atoms with Crippen LogP contribution >= 0.6 is 0 Å². The molecular weight excluding hydrogens is 454 g/mol. The highest BCUT2D eigenvalue weighted by atomic mass is 16.5. The van der Waals surface area contributed by atoms with E-state index in [0.717, 1.165) is 16.7 Å². The predicted octanol–water partition coefficient (Wildman–Crippen LogP) is 6.15. The van der Waals surface area contributed by atoms with Crippen LogP contribution in [0.5, 0.6) is 11.5 Å². The first-order valence-corrected chi connectivity index (χ1v) is 12.1. The quantitative estimate of drug-likeness (QED) is 0.247. The number of benzene rings is 3. The van der Waals surface area contributed by atoms with Crippen LogP contribution in [0.4, 0.5) is 5.69 Å². The summed E-state index contributed by atoms with van der Waals surface area (Å²) in [6, 6.07) is 19.4. The lowest BCUT2D eigenvalue weighted by atomic mass is 9.92. The number of Topliss-reactive ketones (excluding diaryl/α,β-unsaturated/α-hetero) is 1. The molecule has 1 atom stereocenters. The third kappa shape index (κ3) is 4.59. The summed E-state index contributed by atoms with van der Waals surface area (Å²) in [4.78, 5) is 28.3. The van der Waals surface area contributed by atoms with Gasteiger partial charge in [-0.05, 0) is 67.3 Å². The summed E-state index contributed by atoms with van der Waals surface area (Å²) >= 11 is 0. The van der Waals surface area contributed by atoms with Crippen LogP contribution in [0.25, 0.3) is 5.76 Å². The minimum Gasteiger partial charge on any atom is -0.507 e. The van der Waals surface area contributed by atoms with E-state index < -0.39 is 17.7 Å². The number of carbonyl (C=O) groups is 2. The van der Waals surface area contributed by atoms with Crippen molar-refractivity contribution in [2.24, 2.45) is 0 Å². The molecule has 1 fully saturated rings. The van der Waals surface area contributed by atoms with E-state index in [1.807, 2.05) is 44.2 Å². The molecule has 0 radical (unpaired) electrons. The molecule has 1 N–H and O–H groups in total. The number of carbonyl (C=O) groups excluding carboxylic acids is 2. The number of rotatable bonds is 7. The monoisotopic (exact) mass is 485 g/mol. The molecule has 0 bridgehead atoms. The van der Waals surface area contributed by atoms with E-state index >= 15 is 0 Å². The van der Waals surface area contributed by atoms with E-state index in [0.29, 0.717) is 35.3 Å². The first-order chi connectivity index (χ1) is 17.3. The molecule has 0 spiro atoms. The maximum Gasteiger partial charge on any atom is 0.300 e. The maximum absolute atomic E-state index is 13.4. The number of ether oxygens (including phenoxy) is 2. The largest absolute Gasteiger partial charge is 0.507 e. The van der Waals surface area contributed by atoms with Crippen molar-refractivity contribution in [3.8, 4) is 11.5 Å². The van der Waals surface area contributed by atoms with Gasteiger partial charge in [0, 0.05) is 5.69 Å². The lowest BCUT2D eigenvalue weighted by molar-refractivity contribution is -0.132. The van der Waals surface area contributed by atoms with Gasteiger partial charge in [-0.3, -0.25) is 14.5 Å². The van der Waals surface area contributed by atoms with Crippen molar-refractivity contribution in [2.75, 3.05) is 18.6 Å². The Labute approximate surface area is 211 Å². The average molecular weight is 486 g/mol. The predicted molar refractivity (Wildman–Crippen MR) is 141 cm³/mol. The number of methoxy groups -OCH3 is 1. The van der Waals surface area contributed by atoms with Gasteiger partial charge in [0.05, 0.1) is 30.9 Å². The summed E-state index contributed by atoms with van der Waals surface area (Å²) in [6.45, 7) is 8.50. The van der Waals surface area contributed by atoms with E-state index in [2.05, 4.69) is 13.8 Å². The van der Waals surface area contributed by atoms with Crippen LogP contribution in [0.3, 0.4) is 0 Å². The second-order valence-corrected chi connectivity index (χ2v) is 9.12. The van der Waals surface area contributed by atoms with Gasteiger partial charge in [-0.2, -0.15) is 0 Å². The Morgan fingerprint density at radius 3 is 2.25 bits per heavy atom. The van der Waals surface area contributed by atoms with Crippen molar-refractivity contribution < 1.29 is 24.2 Å². The normalized spacial score (nSPS) is 17.1. The van der Waals surface area contributed by atoms with Crippen LogP contribution in [-0.2, 0) is 9.59 Å². The van der Waals surface area contributed by atoms with Gasteiger partial charge >= 0.3 is 0 Å². The Morgan fingerprint density at radius 1 is 1.00 bits per heavy atom. The number of aliphatic hydroxyl groups excluding tert-OH is 1. The molecule has 1 saturated heterocycles. The first-order valence-electron chi connectivity index (χ1n) is 12.1. The van der Waals surface area contributed by atoms with Crippen molar-refractivity contribution in [3.63, 3.8) is 0 Å². The van der Waals surface area contributed by atoms with Crippen LogP contribution in [0, 0.1) is 6.92 Å². The molecule has 0 saturated carbocycles. The van der Waals surface area contributed by atoms with Crippen LogP contribution < -0.4 is 14.4 Å². The lowest BCUT2D eigenvalue weighted by Crippen LogP contribution is -2.29. The van der Waals surface area contributed by atoms with Gasteiger partial charge < -0.3 is 14.6 Å². The lowest BCUT2D eigenvalue weighted by Gasteiger charge is -2.26. The van der Waals surface area contributed by atoms with Crippen molar-refractivity contribution in [2.45, 2.75) is 39.7 Å². The van der Waals surface area contributed by atoms with E-state index in [1.54, 1.807) is 36.4 Å². The van der Waals surface area contributed by atoms with Crippen molar-refractivity contribution in [1.82, 2.24) is 0 Å². The third-order valence-electron chi connectivity index (χ3n) is 6.40. The fourth-order valence-electron chi connectivity index (χ4n) is 4.50. The second kappa shape index (κ2) is 10.3. The van der Waals surface area contributed by atoms with Gasteiger partial charge in [0.25, 0.3) is 11.7 Å². The zero-order chi connectivity index (χ0) is 26.0. The maximum atomic E-state index is 13.4. The Kier molecular flexibility index (Phi) is 7.15. The molecule has 0 aromatic heterocycles. The molecule has 3 aromatic carbocycles. The number of nitrogens with zero attached hydrogens (tertiary/aromatic N) is 1. The number of hydrogen-bond acceptors (Lipinski definition) is 5. The topological polar surface area (TPSA) is 76.1 Å². The third-order valence-corrected chi connectivity index (χ3v) is 6.40. The highest BCUT2D eigenvalue weighted by Crippen LogP contribution is 2.43. The minimum absolute atomic E-state index is 0.0232. The Balaban J connectivity index is 1.92. The summed E-state index contributed by atoms with van der Waals surface area (Å²) < 4.78 is 11.0. The zero-order valence-corrected chi connectivity index (χ0v) is 21.2. The summed E-state index contributed by atoms with van der Waals surface area (Å²) in [5.41, 5.74) is 3.67. The van der Waals surface area contributed by atoms with E-state index in [1.165, 1.54) is 12.0 Å². The SMILES string of the molecule is CCOc1ccc(N2C(=O)C(=O)/C(=C(/O)c3cc(C)ccc3OC)C2c2ccc(C(C)C)cc2)cc1. The molecule has 1 heterocycles. The fraction of sp³-hybridized carbons (Fsp3) is 0.267. The zero-order valence-electron chi connectivity index (χ0n) is 21.2. The van der Waals surface area contributed by atoms with Gasteiger partial charge in [0.1, 0.15) is 17.3 Å². The van der Waals surface area contributed by atoms with Gasteiger partial charge in [0.2, 0.25) is 0 Å². The molecule has 186 valence electrons. The molecular formula is C30H31NO5. The van der Waals surface area contributed by atoms with Gasteiger partial charge in [-0.15, -0.1) is 0 Å². The smallest absolute Gasteiger partial charge is 0.300 e. The minimum atomic E-state index is -0.811. The van der Waals surface area contributed by atoms with Crippen LogP contribution in [-0.4, -0.2) is 30.5 Å².